The van der Waals surface area contributed by atoms with E-state index in [4.69, 9.17) is 0 Å². The lowest BCUT2D eigenvalue weighted by atomic mass is 9.69. The molecule has 1 fully saturated rings. The summed E-state index contributed by atoms with van der Waals surface area (Å²) in [6.07, 6.45) is 7.10. The number of carbonyl (C=O) groups excluding carboxylic acids is 3. The third-order valence-electron chi connectivity index (χ3n) is 7.47. The summed E-state index contributed by atoms with van der Waals surface area (Å²) in [5, 5.41) is 2.78. The minimum Gasteiger partial charge on any atom is -0.325 e. The van der Waals surface area contributed by atoms with Gasteiger partial charge in [-0.05, 0) is 73.2 Å². The molecule has 5 nitrogen and oxygen atoms in total. The lowest BCUT2D eigenvalue weighted by Crippen LogP contribution is -2.38. The summed E-state index contributed by atoms with van der Waals surface area (Å²) in [7, 11) is 0. The van der Waals surface area contributed by atoms with Crippen molar-refractivity contribution >= 4 is 40.2 Å². The molecule has 0 spiro atoms. The van der Waals surface area contributed by atoms with Crippen molar-refractivity contribution < 1.29 is 14.4 Å². The van der Waals surface area contributed by atoms with E-state index in [1.54, 1.807) is 12.1 Å². The topological polar surface area (TPSA) is 66.5 Å². The second-order valence-corrected chi connectivity index (χ2v) is 11.8. The van der Waals surface area contributed by atoms with Gasteiger partial charge in [-0.3, -0.25) is 14.4 Å². The Morgan fingerprint density at radius 1 is 0.846 bits per heavy atom. The largest absolute Gasteiger partial charge is 0.325 e. The van der Waals surface area contributed by atoms with Crippen LogP contribution in [-0.2, 0) is 16.0 Å². The number of nitrogens with one attached hydrogen (secondary N) is 1. The molecule has 1 N–H and O–H groups in total. The zero-order valence-electron chi connectivity index (χ0n) is 22.9. The van der Waals surface area contributed by atoms with Crippen LogP contribution in [0.1, 0.15) is 64.4 Å². The third-order valence-corrected chi connectivity index (χ3v) is 8.40. The average molecular weight is 543 g/mol. The first-order chi connectivity index (χ1) is 18.9. The van der Waals surface area contributed by atoms with Crippen LogP contribution in [-0.4, -0.2) is 17.1 Å². The molecule has 0 unspecified atom stereocenters. The van der Waals surface area contributed by atoms with Crippen molar-refractivity contribution in [1.82, 2.24) is 0 Å². The van der Waals surface area contributed by atoms with Crippen LogP contribution in [0.15, 0.2) is 89.8 Å². The number of thioether (sulfide) groups is 1. The van der Waals surface area contributed by atoms with Crippen molar-refractivity contribution in [3.63, 3.8) is 0 Å². The summed E-state index contributed by atoms with van der Waals surface area (Å²) in [5.74, 6) is 0.277. The number of nitrogens with zero attached hydrogens (tertiary/aromatic N) is 1. The first-order valence-electron chi connectivity index (χ1n) is 13.9. The molecule has 39 heavy (non-hydrogen) atoms. The summed E-state index contributed by atoms with van der Waals surface area (Å²) in [5.41, 5.74) is 1.60. The summed E-state index contributed by atoms with van der Waals surface area (Å²) >= 11 is 0.969. The monoisotopic (exact) mass is 542 g/mol. The van der Waals surface area contributed by atoms with Crippen LogP contribution < -0.4 is 10.2 Å². The van der Waals surface area contributed by atoms with Crippen molar-refractivity contribution in [2.45, 2.75) is 70.1 Å². The van der Waals surface area contributed by atoms with E-state index in [0.717, 1.165) is 55.9 Å². The Balaban J connectivity index is 1.55. The first-order valence-corrected chi connectivity index (χ1v) is 14.7. The highest BCUT2D eigenvalue weighted by atomic mass is 32.2. The molecular weight excluding hydrogens is 504 g/mol. The molecule has 0 bridgehead atoms. The van der Waals surface area contributed by atoms with E-state index >= 15 is 0 Å². The number of anilines is 2. The van der Waals surface area contributed by atoms with Gasteiger partial charge in [0.25, 0.3) is 5.24 Å². The van der Waals surface area contributed by atoms with E-state index in [0.29, 0.717) is 22.2 Å². The zero-order valence-corrected chi connectivity index (χ0v) is 23.7. The van der Waals surface area contributed by atoms with Gasteiger partial charge < -0.3 is 5.32 Å². The Bertz CT molecular complexity index is 1250. The normalized spacial score (nSPS) is 14.5. The van der Waals surface area contributed by atoms with E-state index < -0.39 is 5.24 Å². The maximum Gasteiger partial charge on any atom is 0.297 e. The number of hydrogen-bond acceptors (Lipinski definition) is 4. The number of benzene rings is 3. The molecule has 0 heterocycles. The first kappa shape index (κ1) is 28.6. The summed E-state index contributed by atoms with van der Waals surface area (Å²) in [4.78, 5) is 42.7. The average Bonchev–Trinajstić information content (AvgIpc) is 2.94. The van der Waals surface area contributed by atoms with Crippen LogP contribution in [0.3, 0.4) is 0 Å². The zero-order chi connectivity index (χ0) is 27.7. The quantitative estimate of drug-likeness (QED) is 0.275. The Morgan fingerprint density at radius 2 is 1.46 bits per heavy atom. The van der Waals surface area contributed by atoms with Crippen LogP contribution in [0.2, 0.25) is 0 Å². The van der Waals surface area contributed by atoms with Crippen molar-refractivity contribution in [2.75, 3.05) is 10.2 Å². The molecule has 1 aliphatic carbocycles. The van der Waals surface area contributed by atoms with Gasteiger partial charge in [0.15, 0.2) is 0 Å². The molecule has 6 heteroatoms. The van der Waals surface area contributed by atoms with Gasteiger partial charge in [0.05, 0.1) is 17.8 Å². The Kier molecular flexibility index (Phi) is 9.99. The van der Waals surface area contributed by atoms with Gasteiger partial charge in [-0.1, -0.05) is 93.8 Å². The Labute approximate surface area is 236 Å². The molecule has 3 aromatic rings. The predicted molar refractivity (Wildman–Crippen MR) is 160 cm³/mol. The molecule has 3 amide bonds. The van der Waals surface area contributed by atoms with E-state index in [9.17, 15) is 14.4 Å². The van der Waals surface area contributed by atoms with Gasteiger partial charge >= 0.3 is 0 Å². The summed E-state index contributed by atoms with van der Waals surface area (Å²) in [6.45, 7) is 4.40. The maximum atomic E-state index is 13.7. The minimum absolute atomic E-state index is 0.0448. The van der Waals surface area contributed by atoms with Gasteiger partial charge in [0.2, 0.25) is 11.8 Å². The van der Waals surface area contributed by atoms with Crippen LogP contribution in [0.4, 0.5) is 16.2 Å². The van der Waals surface area contributed by atoms with Gasteiger partial charge in [-0.2, -0.15) is 0 Å². The lowest BCUT2D eigenvalue weighted by Gasteiger charge is -2.36. The van der Waals surface area contributed by atoms with E-state index in [2.05, 4.69) is 19.2 Å². The highest BCUT2D eigenvalue weighted by molar-refractivity contribution is 8.14. The van der Waals surface area contributed by atoms with Crippen LogP contribution in [0.5, 0.6) is 0 Å². The highest BCUT2D eigenvalue weighted by Crippen LogP contribution is 2.43. The fourth-order valence-electron chi connectivity index (χ4n) is 5.22. The Morgan fingerprint density at radius 3 is 2.13 bits per heavy atom. The van der Waals surface area contributed by atoms with Gasteiger partial charge in [-0.15, -0.1) is 0 Å². The molecule has 1 saturated carbocycles. The van der Waals surface area contributed by atoms with E-state index in [1.807, 2.05) is 72.8 Å². The number of para-hydroxylation sites is 2. The number of amides is 3. The molecule has 0 saturated heterocycles. The molecule has 0 atom stereocenters. The number of imide groups is 1. The summed E-state index contributed by atoms with van der Waals surface area (Å²) in [6, 6.07) is 25.8. The van der Waals surface area contributed by atoms with Gasteiger partial charge in [0, 0.05) is 10.3 Å². The van der Waals surface area contributed by atoms with E-state index in [-0.39, 0.29) is 23.7 Å². The SMILES string of the molecule is CC(C)CCC1(C(=O)Nc2ccccc2SC(=O)N(C(=O)Cc2ccccc2)c2ccccc2)CCCCC1. The van der Waals surface area contributed by atoms with Gasteiger partial charge in [0.1, 0.15) is 0 Å². The number of rotatable bonds is 9. The highest BCUT2D eigenvalue weighted by Gasteiger charge is 2.39. The molecule has 4 rings (SSSR count). The van der Waals surface area contributed by atoms with Crippen molar-refractivity contribution in [1.29, 1.82) is 0 Å². The minimum atomic E-state index is -0.406. The van der Waals surface area contributed by atoms with Crippen molar-refractivity contribution in [2.24, 2.45) is 11.3 Å². The van der Waals surface area contributed by atoms with Crippen LogP contribution in [0.25, 0.3) is 0 Å². The summed E-state index contributed by atoms with van der Waals surface area (Å²) < 4.78 is 0. The molecule has 0 aliphatic heterocycles. The number of hydrogen-bond donors (Lipinski definition) is 1. The van der Waals surface area contributed by atoms with Crippen molar-refractivity contribution in [3.8, 4) is 0 Å². The standard InChI is InChI=1S/C33H38N2O3S/c1-25(2)20-23-33(21-12-5-13-22-33)31(37)34-28-18-10-11-19-29(28)39-32(38)35(27-16-8-4-9-17-27)30(36)24-26-14-6-3-7-15-26/h3-4,6-11,14-19,25H,5,12-13,20-24H2,1-2H3,(H,34,37). The maximum absolute atomic E-state index is 13.7. The second-order valence-electron chi connectivity index (χ2n) is 10.8. The molecule has 0 aromatic heterocycles. The molecule has 204 valence electrons. The number of carbonyl (C=O) groups is 3. The molecule has 0 radical (unpaired) electrons. The van der Waals surface area contributed by atoms with Crippen LogP contribution in [0, 0.1) is 11.3 Å². The molecule has 1 aliphatic rings. The smallest absolute Gasteiger partial charge is 0.297 e. The Hall–Kier alpha value is -3.38. The fourth-order valence-corrected chi connectivity index (χ4v) is 6.08. The third kappa shape index (κ3) is 7.60. The fraction of sp³-hybridized carbons (Fsp3) is 0.364. The van der Waals surface area contributed by atoms with Crippen molar-refractivity contribution in [3.05, 3.63) is 90.5 Å². The molecule has 3 aromatic carbocycles. The van der Waals surface area contributed by atoms with E-state index in [1.165, 1.54) is 11.3 Å². The van der Waals surface area contributed by atoms with Crippen LogP contribution >= 0.6 is 11.8 Å². The van der Waals surface area contributed by atoms with Gasteiger partial charge in [-0.25, -0.2) is 4.90 Å². The molecular formula is C33H38N2O3S. The lowest BCUT2D eigenvalue weighted by molar-refractivity contribution is -0.128. The predicted octanol–water partition coefficient (Wildman–Crippen LogP) is 8.50. The second kappa shape index (κ2) is 13.6.